The van der Waals surface area contributed by atoms with Crippen molar-refractivity contribution >= 4 is 0 Å². The monoisotopic (exact) mass is 286 g/mol. The molecule has 0 aliphatic rings. The second-order valence-corrected chi connectivity index (χ2v) is 5.58. The average molecular weight is 286 g/mol. The molecule has 3 heteroatoms. The van der Waals surface area contributed by atoms with Gasteiger partial charge in [0.1, 0.15) is 5.82 Å². The van der Waals surface area contributed by atoms with Gasteiger partial charge in [-0.2, -0.15) is 0 Å². The molecule has 1 atom stereocenters. The van der Waals surface area contributed by atoms with Gasteiger partial charge < -0.3 is 5.32 Å². The first kappa shape index (κ1) is 15.6. The maximum Gasteiger partial charge on any atom is 0.123 e. The maximum atomic E-state index is 13.2. The molecular formula is C18H23FN2. The molecule has 1 N–H and O–H groups in total. The number of halogens is 1. The number of aryl methyl sites for hydroxylation is 2. The smallest absolute Gasteiger partial charge is 0.123 e. The lowest BCUT2D eigenvalue weighted by molar-refractivity contribution is 0.526. The van der Waals surface area contributed by atoms with Crippen molar-refractivity contribution in [1.29, 1.82) is 0 Å². The van der Waals surface area contributed by atoms with Gasteiger partial charge in [-0.05, 0) is 67.6 Å². The van der Waals surface area contributed by atoms with E-state index in [2.05, 4.69) is 30.2 Å². The molecule has 1 aromatic carbocycles. The lowest BCUT2D eigenvalue weighted by Gasteiger charge is -2.20. The summed E-state index contributed by atoms with van der Waals surface area (Å²) in [6, 6.07) is 7.39. The second-order valence-electron chi connectivity index (χ2n) is 5.58. The summed E-state index contributed by atoms with van der Waals surface area (Å²) in [4.78, 5) is 4.29. The Morgan fingerprint density at radius 2 is 2.00 bits per heavy atom. The third kappa shape index (κ3) is 4.36. The minimum absolute atomic E-state index is 0.175. The molecule has 112 valence electrons. The molecular weight excluding hydrogens is 263 g/mol. The van der Waals surface area contributed by atoms with E-state index in [1.807, 2.05) is 25.4 Å². The lowest BCUT2D eigenvalue weighted by Crippen LogP contribution is -2.24. The number of pyridine rings is 1. The van der Waals surface area contributed by atoms with Crippen molar-refractivity contribution in [2.75, 3.05) is 6.54 Å². The Balaban J connectivity index is 2.23. The van der Waals surface area contributed by atoms with E-state index < -0.39 is 0 Å². The number of rotatable bonds is 6. The molecule has 0 spiro atoms. The summed E-state index contributed by atoms with van der Waals surface area (Å²) in [5.74, 6) is -0.175. The van der Waals surface area contributed by atoms with Gasteiger partial charge in [-0.3, -0.25) is 4.98 Å². The summed E-state index contributed by atoms with van der Waals surface area (Å²) < 4.78 is 13.2. The van der Waals surface area contributed by atoms with E-state index in [0.717, 1.165) is 30.5 Å². The van der Waals surface area contributed by atoms with Gasteiger partial charge in [-0.15, -0.1) is 0 Å². The normalized spacial score (nSPS) is 12.4. The minimum Gasteiger partial charge on any atom is -0.310 e. The molecule has 0 radical (unpaired) electrons. The van der Waals surface area contributed by atoms with E-state index >= 15 is 0 Å². The molecule has 0 saturated carbocycles. The van der Waals surface area contributed by atoms with E-state index in [0.29, 0.717) is 0 Å². The van der Waals surface area contributed by atoms with Crippen LogP contribution >= 0.6 is 0 Å². The van der Waals surface area contributed by atoms with E-state index in [-0.39, 0.29) is 11.9 Å². The van der Waals surface area contributed by atoms with Crippen LogP contribution in [0, 0.1) is 19.7 Å². The Morgan fingerprint density at radius 3 is 2.67 bits per heavy atom. The predicted octanol–water partition coefficient (Wildman–Crippen LogP) is 4.12. The largest absolute Gasteiger partial charge is 0.310 e. The van der Waals surface area contributed by atoms with Crippen LogP contribution in [0.15, 0.2) is 36.7 Å². The van der Waals surface area contributed by atoms with Gasteiger partial charge in [-0.25, -0.2) is 4.39 Å². The summed E-state index contributed by atoms with van der Waals surface area (Å²) in [5.41, 5.74) is 4.52. The first-order valence-electron chi connectivity index (χ1n) is 7.50. The number of hydrogen-bond donors (Lipinski definition) is 1. The fourth-order valence-electron chi connectivity index (χ4n) is 2.50. The van der Waals surface area contributed by atoms with Crippen LogP contribution in [-0.2, 0) is 6.42 Å². The van der Waals surface area contributed by atoms with Crippen LogP contribution < -0.4 is 5.32 Å². The van der Waals surface area contributed by atoms with Crippen LogP contribution in [-0.4, -0.2) is 11.5 Å². The molecule has 0 bridgehead atoms. The van der Waals surface area contributed by atoms with Gasteiger partial charge in [0.15, 0.2) is 0 Å². The number of hydrogen-bond acceptors (Lipinski definition) is 2. The van der Waals surface area contributed by atoms with Gasteiger partial charge in [0.2, 0.25) is 0 Å². The van der Waals surface area contributed by atoms with Crippen molar-refractivity contribution in [3.8, 4) is 0 Å². The van der Waals surface area contributed by atoms with Gasteiger partial charge in [0.25, 0.3) is 0 Å². The first-order valence-corrected chi connectivity index (χ1v) is 7.50. The highest BCUT2D eigenvalue weighted by Gasteiger charge is 2.13. The number of nitrogens with zero attached hydrogens (tertiary/aromatic N) is 1. The summed E-state index contributed by atoms with van der Waals surface area (Å²) in [7, 11) is 0. The molecule has 1 unspecified atom stereocenters. The summed E-state index contributed by atoms with van der Waals surface area (Å²) >= 11 is 0. The zero-order valence-corrected chi connectivity index (χ0v) is 13.0. The molecule has 2 rings (SSSR count). The molecule has 2 aromatic rings. The van der Waals surface area contributed by atoms with Crippen LogP contribution in [0.5, 0.6) is 0 Å². The maximum absolute atomic E-state index is 13.2. The van der Waals surface area contributed by atoms with Crippen LogP contribution in [0.25, 0.3) is 0 Å². The van der Waals surface area contributed by atoms with Crippen molar-refractivity contribution in [3.05, 3.63) is 64.7 Å². The van der Waals surface area contributed by atoms with Crippen LogP contribution in [0.1, 0.15) is 41.6 Å². The fourth-order valence-corrected chi connectivity index (χ4v) is 2.50. The van der Waals surface area contributed by atoms with Gasteiger partial charge in [0, 0.05) is 18.4 Å². The quantitative estimate of drug-likeness (QED) is 0.864. The van der Waals surface area contributed by atoms with Gasteiger partial charge in [-0.1, -0.05) is 19.1 Å². The third-order valence-corrected chi connectivity index (χ3v) is 3.67. The molecule has 1 heterocycles. The van der Waals surface area contributed by atoms with Crippen LogP contribution in [0.2, 0.25) is 0 Å². The van der Waals surface area contributed by atoms with Crippen molar-refractivity contribution < 1.29 is 4.39 Å². The zero-order chi connectivity index (χ0) is 15.2. The lowest BCUT2D eigenvalue weighted by atomic mass is 9.96. The van der Waals surface area contributed by atoms with Crippen LogP contribution in [0.3, 0.4) is 0 Å². The highest BCUT2D eigenvalue weighted by atomic mass is 19.1. The molecule has 0 saturated heterocycles. The average Bonchev–Trinajstić information content (AvgIpc) is 2.45. The summed E-state index contributed by atoms with van der Waals surface area (Å²) in [5, 5.41) is 3.57. The Labute approximate surface area is 126 Å². The molecule has 0 aliphatic carbocycles. The zero-order valence-electron chi connectivity index (χ0n) is 13.0. The van der Waals surface area contributed by atoms with Gasteiger partial charge in [0.05, 0.1) is 0 Å². The molecule has 21 heavy (non-hydrogen) atoms. The Kier molecular flexibility index (Phi) is 5.45. The summed E-state index contributed by atoms with van der Waals surface area (Å²) in [6.45, 7) is 7.13. The van der Waals surface area contributed by atoms with Crippen molar-refractivity contribution in [2.45, 2.75) is 39.7 Å². The van der Waals surface area contributed by atoms with Crippen molar-refractivity contribution in [1.82, 2.24) is 10.3 Å². The van der Waals surface area contributed by atoms with Crippen LogP contribution in [0.4, 0.5) is 4.39 Å². The minimum atomic E-state index is -0.175. The Hall–Kier alpha value is -1.74. The highest BCUT2D eigenvalue weighted by Crippen LogP contribution is 2.21. The standard InChI is InChI=1S/C18H23FN2/c1-4-7-21-18(16-8-13(2)11-20-12-16)10-15-5-6-17(19)9-14(15)3/h5-6,8-9,11-12,18,21H,4,7,10H2,1-3H3. The Morgan fingerprint density at radius 1 is 1.19 bits per heavy atom. The fraction of sp³-hybridized carbons (Fsp3) is 0.389. The van der Waals surface area contributed by atoms with E-state index in [4.69, 9.17) is 0 Å². The van der Waals surface area contributed by atoms with E-state index in [1.54, 1.807) is 6.07 Å². The number of nitrogens with one attached hydrogen (secondary N) is 1. The van der Waals surface area contributed by atoms with Crippen molar-refractivity contribution in [2.24, 2.45) is 0 Å². The topological polar surface area (TPSA) is 24.9 Å². The molecule has 0 amide bonds. The predicted molar refractivity (Wildman–Crippen MR) is 84.8 cm³/mol. The number of benzene rings is 1. The molecule has 0 fully saturated rings. The van der Waals surface area contributed by atoms with Gasteiger partial charge >= 0.3 is 0 Å². The van der Waals surface area contributed by atoms with E-state index in [1.165, 1.54) is 17.2 Å². The Bertz CT molecular complexity index is 596. The molecule has 1 aromatic heterocycles. The van der Waals surface area contributed by atoms with E-state index in [9.17, 15) is 4.39 Å². The SMILES string of the molecule is CCCNC(Cc1ccc(F)cc1C)c1cncc(C)c1. The second kappa shape index (κ2) is 7.32. The van der Waals surface area contributed by atoms with Crippen molar-refractivity contribution in [3.63, 3.8) is 0 Å². The highest BCUT2D eigenvalue weighted by molar-refractivity contribution is 5.30. The summed E-state index contributed by atoms with van der Waals surface area (Å²) in [6.07, 6.45) is 5.71. The number of aromatic nitrogens is 1. The first-order chi connectivity index (χ1) is 10.1. The molecule has 0 aliphatic heterocycles. The molecule has 2 nitrogen and oxygen atoms in total. The third-order valence-electron chi connectivity index (χ3n) is 3.67.